The quantitative estimate of drug-likeness (QED) is 0.716. The standard InChI is InChI=1S/C8H15NO5S/c1-6(2)15(12,13)9-3-4-14-5-7(9)8(10)11/h6-7H,3-5H2,1-2H3,(H,10,11). The number of aliphatic carboxylic acids is 1. The first-order chi connectivity index (χ1) is 6.87. The lowest BCUT2D eigenvalue weighted by Gasteiger charge is -2.33. The molecule has 0 bridgehead atoms. The van der Waals surface area contributed by atoms with Gasteiger partial charge in [0.05, 0.1) is 18.5 Å². The first-order valence-corrected chi connectivity index (χ1v) is 6.19. The van der Waals surface area contributed by atoms with E-state index in [4.69, 9.17) is 9.84 Å². The van der Waals surface area contributed by atoms with Gasteiger partial charge in [-0.3, -0.25) is 4.79 Å². The second kappa shape index (κ2) is 4.46. The highest BCUT2D eigenvalue weighted by Gasteiger charge is 2.38. The molecule has 0 spiro atoms. The van der Waals surface area contributed by atoms with Gasteiger partial charge in [0.1, 0.15) is 6.04 Å². The molecule has 0 aromatic heterocycles. The Kier molecular flexibility index (Phi) is 3.69. The number of ether oxygens (including phenoxy) is 1. The summed E-state index contributed by atoms with van der Waals surface area (Å²) in [6.45, 7) is 3.34. The van der Waals surface area contributed by atoms with E-state index in [2.05, 4.69) is 0 Å². The zero-order valence-electron chi connectivity index (χ0n) is 8.71. The highest BCUT2D eigenvalue weighted by atomic mass is 32.2. The van der Waals surface area contributed by atoms with E-state index in [0.717, 1.165) is 4.31 Å². The molecule has 1 heterocycles. The fourth-order valence-corrected chi connectivity index (χ4v) is 2.73. The fourth-order valence-electron chi connectivity index (χ4n) is 1.36. The largest absolute Gasteiger partial charge is 0.480 e. The number of morpholine rings is 1. The zero-order chi connectivity index (χ0) is 11.6. The van der Waals surface area contributed by atoms with Crippen LogP contribution in [0.1, 0.15) is 13.8 Å². The number of carboxylic acid groups (broad SMARTS) is 1. The van der Waals surface area contributed by atoms with Gasteiger partial charge < -0.3 is 9.84 Å². The lowest BCUT2D eigenvalue weighted by Crippen LogP contribution is -2.54. The SMILES string of the molecule is CC(C)S(=O)(=O)N1CCOCC1C(=O)O. The second-order valence-electron chi connectivity index (χ2n) is 3.63. The van der Waals surface area contributed by atoms with Gasteiger partial charge in [0.25, 0.3) is 0 Å². The highest BCUT2D eigenvalue weighted by Crippen LogP contribution is 2.16. The summed E-state index contributed by atoms with van der Waals surface area (Å²) in [7, 11) is -3.52. The van der Waals surface area contributed by atoms with Crippen LogP contribution in [0.25, 0.3) is 0 Å². The molecule has 6 nitrogen and oxygen atoms in total. The number of nitrogens with zero attached hydrogens (tertiary/aromatic N) is 1. The van der Waals surface area contributed by atoms with E-state index in [9.17, 15) is 13.2 Å². The molecule has 1 atom stereocenters. The van der Waals surface area contributed by atoms with E-state index in [1.807, 2.05) is 0 Å². The van der Waals surface area contributed by atoms with Crippen LogP contribution in [0.3, 0.4) is 0 Å². The molecule has 0 aromatic rings. The molecule has 88 valence electrons. The van der Waals surface area contributed by atoms with Crippen molar-refractivity contribution in [1.29, 1.82) is 0 Å². The summed E-state index contributed by atoms with van der Waals surface area (Å²) in [4.78, 5) is 10.8. The lowest BCUT2D eigenvalue weighted by molar-refractivity contribution is -0.146. The molecule has 1 aliphatic rings. The molecule has 0 aromatic carbocycles. The van der Waals surface area contributed by atoms with Crippen molar-refractivity contribution in [2.75, 3.05) is 19.8 Å². The monoisotopic (exact) mass is 237 g/mol. The van der Waals surface area contributed by atoms with Crippen molar-refractivity contribution >= 4 is 16.0 Å². The van der Waals surface area contributed by atoms with Crippen LogP contribution in [0.5, 0.6) is 0 Å². The third kappa shape index (κ3) is 2.47. The van der Waals surface area contributed by atoms with Crippen molar-refractivity contribution in [2.24, 2.45) is 0 Å². The minimum absolute atomic E-state index is 0.0821. The first-order valence-electron chi connectivity index (χ1n) is 4.68. The number of sulfonamides is 1. The molecule has 7 heteroatoms. The van der Waals surface area contributed by atoms with E-state index in [-0.39, 0.29) is 19.8 Å². The summed E-state index contributed by atoms with van der Waals surface area (Å²) in [6.07, 6.45) is 0. The van der Waals surface area contributed by atoms with E-state index in [1.54, 1.807) is 0 Å². The van der Waals surface area contributed by atoms with Gasteiger partial charge in [0.15, 0.2) is 0 Å². The van der Waals surface area contributed by atoms with Crippen molar-refractivity contribution in [3.63, 3.8) is 0 Å². The summed E-state index contributed by atoms with van der Waals surface area (Å²) in [5, 5.41) is 8.25. The molecule has 1 fully saturated rings. The second-order valence-corrected chi connectivity index (χ2v) is 6.08. The fraction of sp³-hybridized carbons (Fsp3) is 0.875. The number of hydrogen-bond acceptors (Lipinski definition) is 4. The summed E-state index contributed by atoms with van der Waals surface area (Å²) >= 11 is 0. The normalized spacial score (nSPS) is 24.3. The van der Waals surface area contributed by atoms with Crippen LogP contribution in [0.4, 0.5) is 0 Å². The Hall–Kier alpha value is -0.660. The zero-order valence-corrected chi connectivity index (χ0v) is 9.53. The molecule has 0 aliphatic carbocycles. The number of rotatable bonds is 3. The van der Waals surface area contributed by atoms with Crippen molar-refractivity contribution < 1.29 is 23.1 Å². The maximum atomic E-state index is 11.8. The Morgan fingerprint density at radius 3 is 2.60 bits per heavy atom. The van der Waals surface area contributed by atoms with Gasteiger partial charge in [-0.2, -0.15) is 4.31 Å². The maximum Gasteiger partial charge on any atom is 0.324 e. The van der Waals surface area contributed by atoms with Crippen LogP contribution in [0.2, 0.25) is 0 Å². The van der Waals surface area contributed by atoms with E-state index >= 15 is 0 Å². The molecule has 1 aliphatic heterocycles. The molecule has 1 saturated heterocycles. The molecule has 1 unspecified atom stereocenters. The third-order valence-electron chi connectivity index (χ3n) is 2.29. The third-order valence-corrected chi connectivity index (χ3v) is 4.57. The van der Waals surface area contributed by atoms with Crippen molar-refractivity contribution in [1.82, 2.24) is 4.31 Å². The van der Waals surface area contributed by atoms with Gasteiger partial charge in [0.2, 0.25) is 10.0 Å². The molecular weight excluding hydrogens is 222 g/mol. The molecule has 0 saturated carbocycles. The number of hydrogen-bond donors (Lipinski definition) is 1. The van der Waals surface area contributed by atoms with Gasteiger partial charge in [-0.05, 0) is 13.8 Å². The van der Waals surface area contributed by atoms with Crippen molar-refractivity contribution in [3.05, 3.63) is 0 Å². The first kappa shape index (κ1) is 12.4. The van der Waals surface area contributed by atoms with E-state index in [0.29, 0.717) is 0 Å². The molecule has 0 amide bonds. The predicted octanol–water partition coefficient (Wildman–Crippen LogP) is -0.490. The predicted molar refractivity (Wildman–Crippen MR) is 53.0 cm³/mol. The lowest BCUT2D eigenvalue weighted by atomic mass is 10.3. The van der Waals surface area contributed by atoms with E-state index in [1.165, 1.54) is 13.8 Å². The summed E-state index contributed by atoms with van der Waals surface area (Å²) in [5.41, 5.74) is 0. The smallest absolute Gasteiger partial charge is 0.324 e. The molecule has 15 heavy (non-hydrogen) atoms. The van der Waals surface area contributed by atoms with Crippen LogP contribution in [0.15, 0.2) is 0 Å². The summed E-state index contributed by atoms with van der Waals surface area (Å²) in [5.74, 6) is -1.17. The van der Waals surface area contributed by atoms with Gasteiger partial charge in [-0.25, -0.2) is 8.42 Å². The number of carbonyl (C=O) groups is 1. The average Bonchev–Trinajstić information content (AvgIpc) is 2.17. The minimum Gasteiger partial charge on any atom is -0.480 e. The summed E-state index contributed by atoms with van der Waals surface area (Å²) < 4.78 is 29.6. The Morgan fingerprint density at radius 2 is 2.13 bits per heavy atom. The molecule has 1 N–H and O–H groups in total. The molecular formula is C8H15NO5S. The van der Waals surface area contributed by atoms with Crippen LogP contribution < -0.4 is 0 Å². The number of carboxylic acids is 1. The van der Waals surface area contributed by atoms with Crippen molar-refractivity contribution in [2.45, 2.75) is 25.1 Å². The van der Waals surface area contributed by atoms with E-state index < -0.39 is 27.3 Å². The highest BCUT2D eigenvalue weighted by molar-refractivity contribution is 7.89. The maximum absolute atomic E-state index is 11.8. The Bertz CT molecular complexity index is 337. The van der Waals surface area contributed by atoms with Gasteiger partial charge >= 0.3 is 5.97 Å². The molecule has 0 radical (unpaired) electrons. The Labute approximate surface area is 88.9 Å². The van der Waals surface area contributed by atoms with Crippen molar-refractivity contribution in [3.8, 4) is 0 Å². The minimum atomic E-state index is -3.52. The molecule has 1 rings (SSSR count). The Morgan fingerprint density at radius 1 is 1.53 bits per heavy atom. The summed E-state index contributed by atoms with van der Waals surface area (Å²) in [6, 6.07) is -1.09. The van der Waals surface area contributed by atoms with Crippen LogP contribution in [0, 0.1) is 0 Å². The van der Waals surface area contributed by atoms with Crippen LogP contribution in [-0.4, -0.2) is 54.8 Å². The van der Waals surface area contributed by atoms with Crippen LogP contribution >= 0.6 is 0 Å². The van der Waals surface area contributed by atoms with Gasteiger partial charge in [-0.15, -0.1) is 0 Å². The van der Waals surface area contributed by atoms with Gasteiger partial charge in [-0.1, -0.05) is 0 Å². The van der Waals surface area contributed by atoms with Crippen LogP contribution in [-0.2, 0) is 19.6 Å². The Balaban J connectivity index is 2.95. The topological polar surface area (TPSA) is 83.9 Å². The average molecular weight is 237 g/mol. The van der Waals surface area contributed by atoms with Gasteiger partial charge in [0, 0.05) is 6.54 Å².